The number of ether oxygens (including phenoxy) is 1. The molecule has 0 fully saturated rings. The monoisotopic (exact) mass is 384 g/mol. The third kappa shape index (κ3) is 5.04. The van der Waals surface area contributed by atoms with Gasteiger partial charge in [0, 0.05) is 18.7 Å². The number of fused-ring (bicyclic) bond motifs is 1. The predicted molar refractivity (Wildman–Crippen MR) is 111 cm³/mol. The molecule has 1 unspecified atom stereocenters. The highest BCUT2D eigenvalue weighted by molar-refractivity contribution is 7.81. The standard InChI is InChI=1S/C21H24N2O3S/c1-3-23(16-8-6-7-15(2)13-16)11-12-25-21(24)19(27)14-20-22-17-9-4-5-10-18(17)26-20/h4-10,13,19,27H,3,11-12,14H2,1-2H3. The van der Waals surface area contributed by atoms with Crippen molar-refractivity contribution in [2.24, 2.45) is 0 Å². The number of esters is 1. The largest absolute Gasteiger partial charge is 0.463 e. The van der Waals surface area contributed by atoms with E-state index < -0.39 is 5.25 Å². The van der Waals surface area contributed by atoms with E-state index in [1.165, 1.54) is 5.56 Å². The van der Waals surface area contributed by atoms with Crippen molar-refractivity contribution in [3.05, 3.63) is 60.0 Å². The molecule has 0 radical (unpaired) electrons. The summed E-state index contributed by atoms with van der Waals surface area (Å²) in [7, 11) is 0. The number of nitrogens with zero attached hydrogens (tertiary/aromatic N) is 2. The number of carbonyl (C=O) groups is 1. The van der Waals surface area contributed by atoms with Gasteiger partial charge in [-0.25, -0.2) is 4.98 Å². The molecule has 0 aliphatic carbocycles. The molecule has 0 aliphatic heterocycles. The molecular formula is C21H24N2O3S. The number of anilines is 1. The summed E-state index contributed by atoms with van der Waals surface area (Å²) in [6.45, 7) is 5.93. The third-order valence-corrected chi connectivity index (χ3v) is 4.73. The highest BCUT2D eigenvalue weighted by Crippen LogP contribution is 2.18. The Labute approximate surface area is 164 Å². The smallest absolute Gasteiger partial charge is 0.319 e. The fraction of sp³-hybridized carbons (Fsp3) is 0.333. The van der Waals surface area contributed by atoms with Gasteiger partial charge in [-0.3, -0.25) is 4.79 Å². The summed E-state index contributed by atoms with van der Waals surface area (Å²) in [6, 6.07) is 15.8. The summed E-state index contributed by atoms with van der Waals surface area (Å²) in [5.41, 5.74) is 3.82. The van der Waals surface area contributed by atoms with Crippen LogP contribution in [0, 0.1) is 6.92 Å². The summed E-state index contributed by atoms with van der Waals surface area (Å²) in [5, 5.41) is -0.605. The van der Waals surface area contributed by atoms with Crippen molar-refractivity contribution in [3.63, 3.8) is 0 Å². The number of hydrogen-bond donors (Lipinski definition) is 1. The van der Waals surface area contributed by atoms with E-state index in [9.17, 15) is 4.79 Å². The first kappa shape index (κ1) is 19.3. The lowest BCUT2D eigenvalue weighted by molar-refractivity contribution is -0.142. The Morgan fingerprint density at radius 3 is 2.81 bits per heavy atom. The average molecular weight is 385 g/mol. The van der Waals surface area contributed by atoms with Gasteiger partial charge in [0.15, 0.2) is 11.5 Å². The van der Waals surface area contributed by atoms with Crippen molar-refractivity contribution in [3.8, 4) is 0 Å². The van der Waals surface area contributed by atoms with Crippen LogP contribution in [0.2, 0.25) is 0 Å². The average Bonchev–Trinajstić information content (AvgIpc) is 3.07. The van der Waals surface area contributed by atoms with Gasteiger partial charge in [-0.05, 0) is 43.7 Å². The lowest BCUT2D eigenvalue weighted by atomic mass is 10.2. The van der Waals surface area contributed by atoms with Gasteiger partial charge in [0.2, 0.25) is 0 Å². The van der Waals surface area contributed by atoms with Gasteiger partial charge in [-0.1, -0.05) is 24.3 Å². The summed E-state index contributed by atoms with van der Waals surface area (Å²) in [5.74, 6) is 0.129. The summed E-state index contributed by atoms with van der Waals surface area (Å²) in [4.78, 5) is 18.8. The minimum absolute atomic E-state index is 0.298. The molecule has 0 saturated carbocycles. The second kappa shape index (κ2) is 8.95. The van der Waals surface area contributed by atoms with Gasteiger partial charge in [0.05, 0.1) is 6.54 Å². The summed E-state index contributed by atoms with van der Waals surface area (Å²) < 4.78 is 11.0. The first-order chi connectivity index (χ1) is 13.1. The van der Waals surface area contributed by atoms with Gasteiger partial charge in [0.1, 0.15) is 17.4 Å². The van der Waals surface area contributed by atoms with Crippen LogP contribution in [0.3, 0.4) is 0 Å². The predicted octanol–water partition coefficient (Wildman–Crippen LogP) is 4.05. The van der Waals surface area contributed by atoms with Gasteiger partial charge in [0.25, 0.3) is 0 Å². The fourth-order valence-corrected chi connectivity index (χ4v) is 3.13. The van der Waals surface area contributed by atoms with Crippen LogP contribution in [0.1, 0.15) is 18.4 Å². The molecule has 3 rings (SSSR count). The Balaban J connectivity index is 1.50. The number of benzene rings is 2. The molecule has 0 amide bonds. The quantitative estimate of drug-likeness (QED) is 0.469. The molecule has 2 aromatic carbocycles. The second-order valence-corrected chi connectivity index (χ2v) is 7.00. The zero-order valence-electron chi connectivity index (χ0n) is 15.6. The number of rotatable bonds is 8. The first-order valence-corrected chi connectivity index (χ1v) is 9.59. The Kier molecular flexibility index (Phi) is 6.40. The first-order valence-electron chi connectivity index (χ1n) is 9.07. The van der Waals surface area contributed by atoms with Gasteiger partial charge in [-0.15, -0.1) is 0 Å². The van der Waals surface area contributed by atoms with E-state index in [1.807, 2.05) is 30.3 Å². The maximum Gasteiger partial charge on any atom is 0.319 e. The van der Waals surface area contributed by atoms with Crippen LogP contribution in [-0.2, 0) is 16.0 Å². The Hall–Kier alpha value is -2.47. The number of aryl methyl sites for hydroxylation is 1. The lowest BCUT2D eigenvalue weighted by Crippen LogP contribution is -2.30. The third-order valence-electron chi connectivity index (χ3n) is 4.33. The van der Waals surface area contributed by atoms with E-state index in [0.29, 0.717) is 31.0 Å². The molecule has 0 saturated heterocycles. The normalized spacial score (nSPS) is 12.1. The van der Waals surface area contributed by atoms with E-state index in [1.54, 1.807) is 0 Å². The van der Waals surface area contributed by atoms with Crippen molar-refractivity contribution >= 4 is 35.4 Å². The number of carbonyl (C=O) groups excluding carboxylic acids is 1. The topological polar surface area (TPSA) is 55.6 Å². The molecule has 1 heterocycles. The molecular weight excluding hydrogens is 360 g/mol. The minimum Gasteiger partial charge on any atom is -0.463 e. The van der Waals surface area contributed by atoms with Crippen LogP contribution in [0.4, 0.5) is 5.69 Å². The molecule has 6 heteroatoms. The molecule has 1 aromatic heterocycles. The second-order valence-electron chi connectivity index (χ2n) is 6.38. The van der Waals surface area contributed by atoms with Crippen LogP contribution in [0.15, 0.2) is 52.9 Å². The Morgan fingerprint density at radius 1 is 1.26 bits per heavy atom. The van der Waals surface area contributed by atoms with Crippen molar-refractivity contribution in [1.29, 1.82) is 0 Å². The Bertz CT molecular complexity index is 876. The van der Waals surface area contributed by atoms with Gasteiger partial charge in [-0.2, -0.15) is 12.6 Å². The molecule has 5 nitrogen and oxygen atoms in total. The van der Waals surface area contributed by atoms with E-state index in [4.69, 9.17) is 9.15 Å². The highest BCUT2D eigenvalue weighted by Gasteiger charge is 2.19. The lowest BCUT2D eigenvalue weighted by Gasteiger charge is -2.23. The maximum atomic E-state index is 12.2. The number of likely N-dealkylation sites (N-methyl/N-ethyl adjacent to an activating group) is 1. The molecule has 3 aromatic rings. The van der Waals surface area contributed by atoms with E-state index in [0.717, 1.165) is 17.7 Å². The highest BCUT2D eigenvalue weighted by atomic mass is 32.1. The fourth-order valence-electron chi connectivity index (χ4n) is 2.90. The SMILES string of the molecule is CCN(CCOC(=O)C(S)Cc1nc2ccccc2o1)c1cccc(C)c1. The molecule has 0 bridgehead atoms. The number of aromatic nitrogens is 1. The number of para-hydroxylation sites is 2. The number of thiol groups is 1. The van der Waals surface area contributed by atoms with Crippen molar-refractivity contribution in [1.82, 2.24) is 4.98 Å². The zero-order valence-corrected chi connectivity index (χ0v) is 16.5. The summed E-state index contributed by atoms with van der Waals surface area (Å²) >= 11 is 4.36. The molecule has 27 heavy (non-hydrogen) atoms. The maximum absolute atomic E-state index is 12.2. The number of oxazole rings is 1. The van der Waals surface area contributed by atoms with Crippen molar-refractivity contribution < 1.29 is 13.9 Å². The minimum atomic E-state index is -0.605. The van der Waals surface area contributed by atoms with E-state index >= 15 is 0 Å². The molecule has 0 spiro atoms. The van der Waals surface area contributed by atoms with E-state index in [2.05, 4.69) is 54.6 Å². The molecule has 142 valence electrons. The number of hydrogen-bond acceptors (Lipinski definition) is 6. The molecule has 1 atom stereocenters. The van der Waals surface area contributed by atoms with Crippen molar-refractivity contribution in [2.75, 3.05) is 24.6 Å². The van der Waals surface area contributed by atoms with Crippen molar-refractivity contribution in [2.45, 2.75) is 25.5 Å². The zero-order chi connectivity index (χ0) is 19.2. The van der Waals surface area contributed by atoms with Crippen LogP contribution >= 0.6 is 12.6 Å². The van der Waals surface area contributed by atoms with Gasteiger partial charge < -0.3 is 14.1 Å². The van der Waals surface area contributed by atoms with Crippen LogP contribution in [0.25, 0.3) is 11.1 Å². The summed E-state index contributed by atoms with van der Waals surface area (Å²) in [6.07, 6.45) is 0.298. The Morgan fingerprint density at radius 2 is 2.07 bits per heavy atom. The molecule has 0 N–H and O–H groups in total. The van der Waals surface area contributed by atoms with E-state index in [-0.39, 0.29) is 5.97 Å². The van der Waals surface area contributed by atoms with Gasteiger partial charge >= 0.3 is 5.97 Å². The van der Waals surface area contributed by atoms with Crippen LogP contribution in [0.5, 0.6) is 0 Å². The van der Waals surface area contributed by atoms with Crippen LogP contribution < -0.4 is 4.90 Å². The molecule has 0 aliphatic rings. The van der Waals surface area contributed by atoms with Crippen LogP contribution in [-0.4, -0.2) is 35.9 Å².